The van der Waals surface area contributed by atoms with E-state index in [1.165, 1.54) is 6.42 Å². The number of hydrogen-bond acceptors (Lipinski definition) is 3. The smallest absolute Gasteiger partial charge is 0.234 e. The maximum absolute atomic E-state index is 11.7. The summed E-state index contributed by atoms with van der Waals surface area (Å²) in [4.78, 5) is 11.7. The van der Waals surface area contributed by atoms with E-state index in [2.05, 4.69) is 24.1 Å². The second kappa shape index (κ2) is 6.77. The van der Waals surface area contributed by atoms with E-state index >= 15 is 0 Å². The molecule has 0 bridgehead atoms. The van der Waals surface area contributed by atoms with Gasteiger partial charge in [0, 0.05) is 6.54 Å². The molecule has 4 nitrogen and oxygen atoms in total. The van der Waals surface area contributed by atoms with Gasteiger partial charge < -0.3 is 15.7 Å². The van der Waals surface area contributed by atoms with Gasteiger partial charge in [-0.25, -0.2) is 0 Å². The maximum Gasteiger partial charge on any atom is 0.234 e. The van der Waals surface area contributed by atoms with E-state index in [1.807, 2.05) is 0 Å². The van der Waals surface area contributed by atoms with Crippen molar-refractivity contribution in [3.05, 3.63) is 12.7 Å². The minimum absolute atomic E-state index is 0.0323. The van der Waals surface area contributed by atoms with Gasteiger partial charge in [-0.3, -0.25) is 4.79 Å². The van der Waals surface area contributed by atoms with E-state index < -0.39 is 5.54 Å². The number of hydrogen-bond donors (Lipinski definition) is 3. The molecule has 17 heavy (non-hydrogen) atoms. The Hall–Kier alpha value is -0.870. The zero-order chi connectivity index (χ0) is 12.7. The highest BCUT2D eigenvalue weighted by Crippen LogP contribution is 2.31. The Balaban J connectivity index is 2.44. The molecular formula is C13H24N2O2. The number of carbonyl (C=O) groups excluding carboxylic acids is 1. The van der Waals surface area contributed by atoms with Gasteiger partial charge in [0.25, 0.3) is 0 Å². The summed E-state index contributed by atoms with van der Waals surface area (Å²) in [5, 5.41) is 15.5. The van der Waals surface area contributed by atoms with Gasteiger partial charge in [-0.2, -0.15) is 0 Å². The molecule has 1 rings (SSSR count). The fraction of sp³-hybridized carbons (Fsp3) is 0.769. The zero-order valence-electron chi connectivity index (χ0n) is 10.7. The Morgan fingerprint density at radius 3 is 3.00 bits per heavy atom. The quantitative estimate of drug-likeness (QED) is 0.476. The van der Waals surface area contributed by atoms with E-state index in [0.29, 0.717) is 12.5 Å². The van der Waals surface area contributed by atoms with Crippen molar-refractivity contribution in [1.82, 2.24) is 10.6 Å². The Morgan fingerprint density at radius 2 is 2.41 bits per heavy atom. The van der Waals surface area contributed by atoms with E-state index in [1.54, 1.807) is 6.08 Å². The molecule has 0 spiro atoms. The van der Waals surface area contributed by atoms with E-state index in [-0.39, 0.29) is 19.1 Å². The van der Waals surface area contributed by atoms with Gasteiger partial charge in [-0.05, 0) is 18.8 Å². The summed E-state index contributed by atoms with van der Waals surface area (Å²) in [6.45, 7) is 6.68. The SMILES string of the molecule is C=CCNCC(=O)NC1(CO)CCCC(C)C1. The summed E-state index contributed by atoms with van der Waals surface area (Å²) in [6.07, 6.45) is 5.73. The molecule has 0 aromatic heterocycles. The van der Waals surface area contributed by atoms with Gasteiger partial charge in [0.05, 0.1) is 18.7 Å². The van der Waals surface area contributed by atoms with Crippen LogP contribution in [0.15, 0.2) is 12.7 Å². The first-order valence-corrected chi connectivity index (χ1v) is 6.35. The first-order chi connectivity index (χ1) is 8.12. The topological polar surface area (TPSA) is 61.4 Å². The van der Waals surface area contributed by atoms with Crippen LogP contribution in [-0.2, 0) is 4.79 Å². The van der Waals surface area contributed by atoms with Crippen molar-refractivity contribution in [2.75, 3.05) is 19.7 Å². The fourth-order valence-electron chi connectivity index (χ4n) is 2.58. The molecule has 0 saturated heterocycles. The summed E-state index contributed by atoms with van der Waals surface area (Å²) in [7, 11) is 0. The molecule has 0 aromatic rings. The van der Waals surface area contributed by atoms with Gasteiger partial charge >= 0.3 is 0 Å². The second-order valence-electron chi connectivity index (χ2n) is 5.11. The molecule has 1 amide bonds. The lowest BCUT2D eigenvalue weighted by atomic mass is 9.77. The van der Waals surface area contributed by atoms with Crippen LogP contribution in [0.5, 0.6) is 0 Å². The predicted octanol–water partition coefficient (Wildman–Crippen LogP) is 0.819. The molecule has 98 valence electrons. The first-order valence-electron chi connectivity index (χ1n) is 6.35. The average molecular weight is 240 g/mol. The third-order valence-electron chi connectivity index (χ3n) is 3.37. The van der Waals surface area contributed by atoms with Crippen molar-refractivity contribution in [2.24, 2.45) is 5.92 Å². The fourth-order valence-corrected chi connectivity index (χ4v) is 2.58. The lowest BCUT2D eigenvalue weighted by molar-refractivity contribution is -0.123. The molecule has 2 unspecified atom stereocenters. The Morgan fingerprint density at radius 1 is 1.65 bits per heavy atom. The average Bonchev–Trinajstić information content (AvgIpc) is 2.29. The molecule has 4 heteroatoms. The van der Waals surface area contributed by atoms with Crippen LogP contribution in [0.1, 0.15) is 32.6 Å². The standard InChI is InChI=1S/C13H24N2O2/c1-3-7-14-9-12(17)15-13(10-16)6-4-5-11(2)8-13/h3,11,14,16H,1,4-10H2,2H3,(H,15,17). The van der Waals surface area contributed by atoms with E-state index in [9.17, 15) is 9.90 Å². The monoisotopic (exact) mass is 240 g/mol. The molecular weight excluding hydrogens is 216 g/mol. The number of amides is 1. The highest BCUT2D eigenvalue weighted by Gasteiger charge is 2.35. The summed E-state index contributed by atoms with van der Waals surface area (Å²) in [5.41, 5.74) is -0.398. The zero-order valence-corrected chi connectivity index (χ0v) is 10.7. The van der Waals surface area contributed by atoms with Gasteiger partial charge in [-0.1, -0.05) is 25.8 Å². The van der Waals surface area contributed by atoms with E-state index in [4.69, 9.17) is 0 Å². The van der Waals surface area contributed by atoms with Crippen LogP contribution in [0.25, 0.3) is 0 Å². The molecule has 1 aliphatic carbocycles. The summed E-state index contributed by atoms with van der Waals surface area (Å²) >= 11 is 0. The largest absolute Gasteiger partial charge is 0.394 e. The lowest BCUT2D eigenvalue weighted by Gasteiger charge is -2.39. The number of rotatable bonds is 6. The van der Waals surface area contributed by atoms with Crippen LogP contribution in [0.4, 0.5) is 0 Å². The molecule has 0 aliphatic heterocycles. The number of aliphatic hydroxyl groups is 1. The van der Waals surface area contributed by atoms with Crippen LogP contribution in [0.3, 0.4) is 0 Å². The third kappa shape index (κ3) is 4.48. The van der Waals surface area contributed by atoms with Crippen molar-refractivity contribution in [3.8, 4) is 0 Å². The predicted molar refractivity (Wildman–Crippen MR) is 68.7 cm³/mol. The Kier molecular flexibility index (Phi) is 5.65. The van der Waals surface area contributed by atoms with Crippen molar-refractivity contribution in [2.45, 2.75) is 38.1 Å². The molecule has 2 atom stereocenters. The van der Waals surface area contributed by atoms with Gasteiger partial charge in [0.1, 0.15) is 0 Å². The second-order valence-corrected chi connectivity index (χ2v) is 5.11. The molecule has 1 aliphatic rings. The summed E-state index contributed by atoms with van der Waals surface area (Å²) in [6, 6.07) is 0. The molecule has 0 radical (unpaired) electrons. The third-order valence-corrected chi connectivity index (χ3v) is 3.37. The Labute approximate surface area is 103 Å². The minimum atomic E-state index is -0.398. The van der Waals surface area contributed by atoms with Gasteiger partial charge in [0.2, 0.25) is 5.91 Å². The van der Waals surface area contributed by atoms with E-state index in [0.717, 1.165) is 19.3 Å². The van der Waals surface area contributed by atoms with Crippen LogP contribution in [0.2, 0.25) is 0 Å². The summed E-state index contributed by atoms with van der Waals surface area (Å²) in [5.74, 6) is 0.521. The molecule has 0 aromatic carbocycles. The molecule has 1 fully saturated rings. The van der Waals surface area contributed by atoms with Crippen LogP contribution in [0, 0.1) is 5.92 Å². The van der Waals surface area contributed by atoms with Crippen molar-refractivity contribution >= 4 is 5.91 Å². The normalized spacial score (nSPS) is 28.7. The summed E-state index contributed by atoms with van der Waals surface area (Å²) < 4.78 is 0. The highest BCUT2D eigenvalue weighted by atomic mass is 16.3. The highest BCUT2D eigenvalue weighted by molar-refractivity contribution is 5.78. The molecule has 0 heterocycles. The molecule has 1 saturated carbocycles. The van der Waals surface area contributed by atoms with Crippen molar-refractivity contribution in [3.63, 3.8) is 0 Å². The van der Waals surface area contributed by atoms with Crippen molar-refractivity contribution in [1.29, 1.82) is 0 Å². The maximum atomic E-state index is 11.7. The number of nitrogens with one attached hydrogen (secondary N) is 2. The molecule has 3 N–H and O–H groups in total. The van der Waals surface area contributed by atoms with Gasteiger partial charge in [-0.15, -0.1) is 6.58 Å². The minimum Gasteiger partial charge on any atom is -0.394 e. The van der Waals surface area contributed by atoms with Crippen LogP contribution >= 0.6 is 0 Å². The number of aliphatic hydroxyl groups excluding tert-OH is 1. The van der Waals surface area contributed by atoms with Crippen LogP contribution in [-0.4, -0.2) is 36.2 Å². The number of carbonyl (C=O) groups is 1. The Bertz CT molecular complexity index is 268. The lowest BCUT2D eigenvalue weighted by Crippen LogP contribution is -2.55. The van der Waals surface area contributed by atoms with Gasteiger partial charge in [0.15, 0.2) is 0 Å². The van der Waals surface area contributed by atoms with Crippen LogP contribution < -0.4 is 10.6 Å². The van der Waals surface area contributed by atoms with Crippen molar-refractivity contribution < 1.29 is 9.90 Å². The first kappa shape index (κ1) is 14.2.